The normalized spacial score (nSPS) is 19.3. The van der Waals surface area contributed by atoms with Crippen molar-refractivity contribution in [3.63, 3.8) is 0 Å². The molecule has 30 heavy (non-hydrogen) atoms. The average molecular weight is 398 g/mol. The summed E-state index contributed by atoms with van der Waals surface area (Å²) in [7, 11) is 0. The molecule has 0 spiro atoms. The summed E-state index contributed by atoms with van der Waals surface area (Å²) in [6, 6.07) is 20.7. The number of Topliss-reactive ketones (excluding diaryl/α,β-unsaturated/α-hetero) is 1. The Morgan fingerprint density at radius 1 is 0.600 bits per heavy atom. The first-order valence-electron chi connectivity index (χ1n) is 9.81. The third-order valence-electron chi connectivity index (χ3n) is 5.35. The molecule has 4 heteroatoms. The van der Waals surface area contributed by atoms with E-state index >= 15 is 0 Å². The molecule has 4 rings (SSSR count). The second-order valence-electron chi connectivity index (χ2n) is 7.55. The minimum atomic E-state index is 0.00572. The van der Waals surface area contributed by atoms with Gasteiger partial charge in [0.2, 0.25) is 0 Å². The maximum atomic E-state index is 13.2. The summed E-state index contributed by atoms with van der Waals surface area (Å²) in [6.07, 6.45) is 4.94. The standard InChI is InChI=1S/C26H22O4/c27-23-7-1-17(2-8-23)13-21-15-20(19-5-11-25(29)12-6-19)16-22(26(21)30)14-18-3-9-24(28)10-4-18/h1-14,20,27-29H,15-16H2/b21-13-,22-14-. The molecule has 0 amide bonds. The first-order valence-corrected chi connectivity index (χ1v) is 9.81. The Morgan fingerprint density at radius 2 is 0.967 bits per heavy atom. The van der Waals surface area contributed by atoms with Gasteiger partial charge in [-0.05, 0) is 84.0 Å². The number of hydrogen-bond donors (Lipinski definition) is 3. The molecule has 1 aliphatic rings. The fourth-order valence-electron chi connectivity index (χ4n) is 3.77. The predicted molar refractivity (Wildman–Crippen MR) is 117 cm³/mol. The van der Waals surface area contributed by atoms with Gasteiger partial charge in [0.05, 0.1) is 0 Å². The summed E-state index contributed by atoms with van der Waals surface area (Å²) in [6.45, 7) is 0. The zero-order chi connectivity index (χ0) is 21.1. The Balaban J connectivity index is 1.73. The molecule has 3 aromatic rings. The molecule has 0 heterocycles. The highest BCUT2D eigenvalue weighted by Crippen LogP contribution is 2.39. The second kappa shape index (κ2) is 8.29. The van der Waals surface area contributed by atoms with Crippen LogP contribution in [0.3, 0.4) is 0 Å². The minimum Gasteiger partial charge on any atom is -0.508 e. The van der Waals surface area contributed by atoms with Crippen molar-refractivity contribution in [3.8, 4) is 17.2 Å². The topological polar surface area (TPSA) is 77.8 Å². The summed E-state index contributed by atoms with van der Waals surface area (Å²) in [5.74, 6) is 0.690. The molecule has 4 nitrogen and oxygen atoms in total. The number of carbonyl (C=O) groups excluding carboxylic acids is 1. The Morgan fingerprint density at radius 3 is 1.37 bits per heavy atom. The zero-order valence-corrected chi connectivity index (χ0v) is 16.3. The number of phenols is 3. The van der Waals surface area contributed by atoms with E-state index in [-0.39, 0.29) is 28.9 Å². The molecular weight excluding hydrogens is 376 g/mol. The third kappa shape index (κ3) is 4.44. The SMILES string of the molecule is O=C1/C(=C\c2ccc(O)cc2)CC(c2ccc(O)cc2)C/C1=C/c1ccc(O)cc1. The van der Waals surface area contributed by atoms with Crippen LogP contribution in [0.4, 0.5) is 0 Å². The van der Waals surface area contributed by atoms with Gasteiger partial charge in [-0.3, -0.25) is 4.79 Å². The number of phenolic OH excluding ortho intramolecular Hbond substituents is 3. The van der Waals surface area contributed by atoms with Crippen molar-refractivity contribution in [2.24, 2.45) is 0 Å². The largest absolute Gasteiger partial charge is 0.508 e. The summed E-state index contributed by atoms with van der Waals surface area (Å²) >= 11 is 0. The average Bonchev–Trinajstić information content (AvgIpc) is 2.74. The van der Waals surface area contributed by atoms with Crippen LogP contribution in [0.15, 0.2) is 83.9 Å². The van der Waals surface area contributed by atoms with E-state index in [0.717, 1.165) is 16.7 Å². The molecule has 0 aromatic heterocycles. The first kappa shape index (κ1) is 19.5. The molecule has 0 aliphatic heterocycles. The highest BCUT2D eigenvalue weighted by atomic mass is 16.3. The number of benzene rings is 3. The molecule has 0 bridgehead atoms. The van der Waals surface area contributed by atoms with E-state index in [4.69, 9.17) is 0 Å². The molecule has 1 saturated carbocycles. The summed E-state index contributed by atoms with van der Waals surface area (Å²) in [4.78, 5) is 13.2. The minimum absolute atomic E-state index is 0.00572. The fraction of sp³-hybridized carbons (Fsp3) is 0.115. The Labute approximate surface area is 175 Å². The number of carbonyl (C=O) groups is 1. The van der Waals surface area contributed by atoms with Crippen molar-refractivity contribution in [3.05, 3.63) is 101 Å². The van der Waals surface area contributed by atoms with Crippen molar-refractivity contribution in [2.75, 3.05) is 0 Å². The van der Waals surface area contributed by atoms with Gasteiger partial charge < -0.3 is 15.3 Å². The van der Waals surface area contributed by atoms with Crippen LogP contribution >= 0.6 is 0 Å². The highest BCUT2D eigenvalue weighted by molar-refractivity contribution is 6.14. The lowest BCUT2D eigenvalue weighted by Gasteiger charge is -2.26. The number of ketones is 1. The maximum absolute atomic E-state index is 13.2. The van der Waals surface area contributed by atoms with Crippen LogP contribution in [0.1, 0.15) is 35.4 Å². The van der Waals surface area contributed by atoms with Crippen LogP contribution in [0, 0.1) is 0 Å². The van der Waals surface area contributed by atoms with Crippen molar-refractivity contribution in [2.45, 2.75) is 18.8 Å². The van der Waals surface area contributed by atoms with Crippen LogP contribution in [-0.2, 0) is 4.79 Å². The van der Waals surface area contributed by atoms with E-state index in [1.54, 1.807) is 60.7 Å². The van der Waals surface area contributed by atoms with Crippen molar-refractivity contribution < 1.29 is 20.1 Å². The quantitative estimate of drug-likeness (QED) is 0.515. The van der Waals surface area contributed by atoms with E-state index in [1.807, 2.05) is 24.3 Å². The number of aromatic hydroxyl groups is 3. The molecule has 1 fully saturated rings. The Bertz CT molecular complexity index is 1040. The van der Waals surface area contributed by atoms with Gasteiger partial charge in [0.15, 0.2) is 5.78 Å². The van der Waals surface area contributed by atoms with Crippen molar-refractivity contribution in [1.82, 2.24) is 0 Å². The molecule has 0 radical (unpaired) electrons. The third-order valence-corrected chi connectivity index (χ3v) is 5.35. The fourth-order valence-corrected chi connectivity index (χ4v) is 3.77. The van der Waals surface area contributed by atoms with Gasteiger partial charge in [0.1, 0.15) is 17.2 Å². The van der Waals surface area contributed by atoms with E-state index in [0.29, 0.717) is 24.0 Å². The summed E-state index contributed by atoms with van der Waals surface area (Å²) in [5.41, 5.74) is 4.18. The second-order valence-corrected chi connectivity index (χ2v) is 7.55. The smallest absolute Gasteiger partial charge is 0.185 e. The van der Waals surface area contributed by atoms with Gasteiger partial charge in [0, 0.05) is 11.1 Å². The monoisotopic (exact) mass is 398 g/mol. The molecular formula is C26H22O4. The molecule has 3 N–H and O–H groups in total. The van der Waals surface area contributed by atoms with Crippen molar-refractivity contribution >= 4 is 17.9 Å². The molecule has 0 atom stereocenters. The number of rotatable bonds is 3. The Kier molecular flexibility index (Phi) is 5.40. The van der Waals surface area contributed by atoms with Crippen LogP contribution in [0.5, 0.6) is 17.2 Å². The first-order chi connectivity index (χ1) is 14.5. The van der Waals surface area contributed by atoms with Crippen LogP contribution in [-0.4, -0.2) is 21.1 Å². The van der Waals surface area contributed by atoms with Gasteiger partial charge in [-0.15, -0.1) is 0 Å². The number of hydrogen-bond acceptors (Lipinski definition) is 4. The van der Waals surface area contributed by atoms with Gasteiger partial charge in [0.25, 0.3) is 0 Å². The molecule has 0 saturated heterocycles. The lowest BCUT2D eigenvalue weighted by atomic mass is 9.76. The Hall–Kier alpha value is -3.79. The van der Waals surface area contributed by atoms with E-state index in [9.17, 15) is 20.1 Å². The van der Waals surface area contributed by atoms with E-state index in [2.05, 4.69) is 0 Å². The molecule has 1 aliphatic carbocycles. The lowest BCUT2D eigenvalue weighted by molar-refractivity contribution is -0.113. The van der Waals surface area contributed by atoms with E-state index in [1.165, 1.54) is 0 Å². The van der Waals surface area contributed by atoms with Crippen LogP contribution in [0.25, 0.3) is 12.2 Å². The lowest BCUT2D eigenvalue weighted by Crippen LogP contribution is -2.19. The maximum Gasteiger partial charge on any atom is 0.185 e. The van der Waals surface area contributed by atoms with Gasteiger partial charge >= 0.3 is 0 Å². The van der Waals surface area contributed by atoms with Crippen LogP contribution in [0.2, 0.25) is 0 Å². The van der Waals surface area contributed by atoms with Gasteiger partial charge in [-0.2, -0.15) is 0 Å². The molecule has 150 valence electrons. The van der Waals surface area contributed by atoms with E-state index < -0.39 is 0 Å². The van der Waals surface area contributed by atoms with Gasteiger partial charge in [-0.25, -0.2) is 0 Å². The summed E-state index contributed by atoms with van der Waals surface area (Å²) < 4.78 is 0. The van der Waals surface area contributed by atoms with Crippen LogP contribution < -0.4 is 0 Å². The van der Waals surface area contributed by atoms with Crippen molar-refractivity contribution in [1.29, 1.82) is 0 Å². The zero-order valence-electron chi connectivity index (χ0n) is 16.3. The van der Waals surface area contributed by atoms with Gasteiger partial charge in [-0.1, -0.05) is 36.4 Å². The molecule has 0 unspecified atom stereocenters. The summed E-state index contributed by atoms with van der Waals surface area (Å²) in [5, 5.41) is 28.7. The molecule has 3 aromatic carbocycles. The predicted octanol–water partition coefficient (Wildman–Crippen LogP) is 5.42. The highest BCUT2D eigenvalue weighted by Gasteiger charge is 2.28. The number of allylic oxidation sites excluding steroid dienone is 2.